The number of hydrogen-bond donors (Lipinski definition) is 3. The summed E-state index contributed by atoms with van der Waals surface area (Å²) in [5, 5.41) is 17.2. The lowest BCUT2D eigenvalue weighted by molar-refractivity contribution is 0.0697. The van der Waals surface area contributed by atoms with Crippen LogP contribution in [-0.2, 0) is 0 Å². The van der Waals surface area contributed by atoms with Crippen LogP contribution in [0, 0.1) is 0 Å². The van der Waals surface area contributed by atoms with Gasteiger partial charge in [0.2, 0.25) is 0 Å². The first-order valence-electron chi connectivity index (χ1n) is 7.68. The highest BCUT2D eigenvalue weighted by Gasteiger charge is 2.17. The zero-order valence-electron chi connectivity index (χ0n) is 13.1. The molecule has 4 aromatic rings. The Morgan fingerprint density at radius 1 is 1.04 bits per heavy atom. The number of nitrogen functional groups attached to an aromatic ring is 1. The minimum absolute atomic E-state index is 0.195. The predicted molar refractivity (Wildman–Crippen MR) is 96.1 cm³/mol. The summed E-state index contributed by atoms with van der Waals surface area (Å²) in [6, 6.07) is 18.2. The summed E-state index contributed by atoms with van der Waals surface area (Å²) in [6.45, 7) is 0. The highest BCUT2D eigenvalue weighted by atomic mass is 16.4. The third-order valence-corrected chi connectivity index (χ3v) is 4.05. The van der Waals surface area contributed by atoms with Crippen LogP contribution < -0.4 is 5.73 Å². The lowest BCUT2D eigenvalue weighted by atomic mass is 10.0. The van der Waals surface area contributed by atoms with Crippen molar-refractivity contribution in [1.29, 1.82) is 0 Å². The number of carbonyl (C=O) groups is 1. The predicted octanol–water partition coefficient (Wildman–Crippen LogP) is 3.57. The molecule has 0 radical (unpaired) electrons. The lowest BCUT2D eigenvalue weighted by Gasteiger charge is -2.09. The Morgan fingerprint density at radius 3 is 2.52 bits per heavy atom. The smallest absolute Gasteiger partial charge is 0.336 e. The number of aromatic carboxylic acids is 1. The standard InChI is InChI=1S/C19H14N4O2/c20-18-16-15(22-23-18)10-14(12-8-4-5-9-13(12)19(24)25)21-17(16)11-6-2-1-3-7-11/h1-10H,(H,24,25)(H3,20,22,23). The van der Waals surface area contributed by atoms with Gasteiger partial charge in [-0.3, -0.25) is 5.10 Å². The lowest BCUT2D eigenvalue weighted by Crippen LogP contribution is -2.01. The molecule has 4 N–H and O–H groups in total. The minimum atomic E-state index is -0.997. The molecular formula is C19H14N4O2. The van der Waals surface area contributed by atoms with Crippen LogP contribution in [0.15, 0.2) is 60.7 Å². The number of aromatic amines is 1. The summed E-state index contributed by atoms with van der Waals surface area (Å²) in [5.41, 5.74) is 9.55. The molecule has 6 heteroatoms. The summed E-state index contributed by atoms with van der Waals surface area (Å²) in [7, 11) is 0. The molecule has 25 heavy (non-hydrogen) atoms. The van der Waals surface area contributed by atoms with Crippen molar-refractivity contribution in [2.24, 2.45) is 0 Å². The van der Waals surface area contributed by atoms with Gasteiger partial charge in [0.25, 0.3) is 0 Å². The molecule has 0 spiro atoms. The first-order valence-corrected chi connectivity index (χ1v) is 7.68. The molecule has 0 atom stereocenters. The molecule has 0 amide bonds. The Morgan fingerprint density at radius 2 is 1.76 bits per heavy atom. The third-order valence-electron chi connectivity index (χ3n) is 4.05. The third kappa shape index (κ3) is 2.49. The number of nitrogens with two attached hydrogens (primary N) is 1. The average molecular weight is 330 g/mol. The number of rotatable bonds is 3. The number of hydrogen-bond acceptors (Lipinski definition) is 4. The second-order valence-corrected chi connectivity index (χ2v) is 5.60. The molecule has 6 nitrogen and oxygen atoms in total. The molecular weight excluding hydrogens is 316 g/mol. The van der Waals surface area contributed by atoms with Crippen molar-refractivity contribution in [2.45, 2.75) is 0 Å². The summed E-state index contributed by atoms with van der Waals surface area (Å²) < 4.78 is 0. The zero-order chi connectivity index (χ0) is 17.4. The number of pyridine rings is 1. The largest absolute Gasteiger partial charge is 0.478 e. The van der Waals surface area contributed by atoms with Crippen molar-refractivity contribution in [3.05, 3.63) is 66.2 Å². The van der Waals surface area contributed by atoms with Gasteiger partial charge in [0.1, 0.15) is 0 Å². The summed E-state index contributed by atoms with van der Waals surface area (Å²) in [4.78, 5) is 16.3. The van der Waals surface area contributed by atoms with E-state index in [1.165, 1.54) is 0 Å². The molecule has 0 aliphatic heterocycles. The normalized spacial score (nSPS) is 10.9. The van der Waals surface area contributed by atoms with E-state index in [0.29, 0.717) is 28.3 Å². The molecule has 0 unspecified atom stereocenters. The summed E-state index contributed by atoms with van der Waals surface area (Å²) >= 11 is 0. The number of benzene rings is 2. The highest BCUT2D eigenvalue weighted by molar-refractivity contribution is 6.03. The molecule has 0 aliphatic carbocycles. The van der Waals surface area contributed by atoms with E-state index in [1.807, 2.05) is 30.3 Å². The van der Waals surface area contributed by atoms with Crippen LogP contribution in [0.3, 0.4) is 0 Å². The number of fused-ring (bicyclic) bond motifs is 1. The Bertz CT molecular complexity index is 1090. The molecule has 0 fully saturated rings. The van der Waals surface area contributed by atoms with Gasteiger partial charge in [-0.2, -0.15) is 5.10 Å². The van der Waals surface area contributed by atoms with Gasteiger partial charge in [0, 0.05) is 11.1 Å². The first-order chi connectivity index (χ1) is 12.1. The van der Waals surface area contributed by atoms with E-state index < -0.39 is 5.97 Å². The number of carboxylic acid groups (broad SMARTS) is 1. The van der Waals surface area contributed by atoms with Gasteiger partial charge >= 0.3 is 5.97 Å². The second kappa shape index (κ2) is 5.76. The molecule has 0 saturated heterocycles. The molecule has 2 aromatic carbocycles. The fraction of sp³-hybridized carbons (Fsp3) is 0. The van der Waals surface area contributed by atoms with Gasteiger partial charge in [-0.05, 0) is 12.1 Å². The van der Waals surface area contributed by atoms with E-state index in [2.05, 4.69) is 10.2 Å². The van der Waals surface area contributed by atoms with Gasteiger partial charge < -0.3 is 10.8 Å². The van der Waals surface area contributed by atoms with Gasteiger partial charge in [-0.1, -0.05) is 48.5 Å². The maximum atomic E-state index is 11.5. The number of aromatic nitrogens is 3. The van der Waals surface area contributed by atoms with Crippen LogP contribution in [0.4, 0.5) is 5.82 Å². The summed E-state index contributed by atoms with van der Waals surface area (Å²) in [5.74, 6) is -0.637. The molecule has 122 valence electrons. The second-order valence-electron chi connectivity index (χ2n) is 5.60. The Kier molecular flexibility index (Phi) is 3.43. The highest BCUT2D eigenvalue weighted by Crippen LogP contribution is 2.34. The zero-order valence-corrected chi connectivity index (χ0v) is 13.1. The topological polar surface area (TPSA) is 105 Å². The van der Waals surface area contributed by atoms with Crippen molar-refractivity contribution < 1.29 is 9.90 Å². The van der Waals surface area contributed by atoms with Gasteiger partial charge in [0.15, 0.2) is 5.82 Å². The van der Waals surface area contributed by atoms with Crippen molar-refractivity contribution in [1.82, 2.24) is 15.2 Å². The first kappa shape index (κ1) is 14.9. The van der Waals surface area contributed by atoms with E-state index in [4.69, 9.17) is 10.7 Å². The Labute approximate surface area is 143 Å². The number of nitrogens with one attached hydrogen (secondary N) is 1. The van der Waals surface area contributed by atoms with Crippen LogP contribution in [-0.4, -0.2) is 26.3 Å². The van der Waals surface area contributed by atoms with Crippen LogP contribution >= 0.6 is 0 Å². The van der Waals surface area contributed by atoms with E-state index in [1.54, 1.807) is 30.3 Å². The van der Waals surface area contributed by atoms with Crippen LogP contribution in [0.2, 0.25) is 0 Å². The maximum Gasteiger partial charge on any atom is 0.336 e. The number of H-pyrrole nitrogens is 1. The van der Waals surface area contributed by atoms with Crippen molar-refractivity contribution in [3.8, 4) is 22.5 Å². The van der Waals surface area contributed by atoms with Crippen molar-refractivity contribution in [3.63, 3.8) is 0 Å². The Hall–Kier alpha value is -3.67. The molecule has 0 bridgehead atoms. The van der Waals surface area contributed by atoms with Crippen LogP contribution in [0.25, 0.3) is 33.4 Å². The average Bonchev–Trinajstić information content (AvgIpc) is 3.03. The van der Waals surface area contributed by atoms with E-state index in [0.717, 1.165) is 10.9 Å². The van der Waals surface area contributed by atoms with Crippen LogP contribution in [0.5, 0.6) is 0 Å². The molecule has 0 aliphatic rings. The molecule has 2 heterocycles. The number of anilines is 1. The SMILES string of the molecule is Nc1n[nH]c2cc(-c3ccccc3C(=O)O)nc(-c3ccccc3)c12. The van der Waals surface area contributed by atoms with Crippen molar-refractivity contribution >= 4 is 22.7 Å². The van der Waals surface area contributed by atoms with Gasteiger partial charge in [0.05, 0.1) is 27.9 Å². The van der Waals surface area contributed by atoms with E-state index in [-0.39, 0.29) is 5.56 Å². The monoisotopic (exact) mass is 330 g/mol. The molecule has 4 rings (SSSR count). The molecule has 0 saturated carbocycles. The molecule has 2 aromatic heterocycles. The van der Waals surface area contributed by atoms with Crippen LogP contribution in [0.1, 0.15) is 10.4 Å². The fourth-order valence-corrected chi connectivity index (χ4v) is 2.90. The van der Waals surface area contributed by atoms with Gasteiger partial charge in [-0.15, -0.1) is 0 Å². The van der Waals surface area contributed by atoms with E-state index in [9.17, 15) is 9.90 Å². The minimum Gasteiger partial charge on any atom is -0.478 e. The number of carboxylic acids is 1. The van der Waals surface area contributed by atoms with E-state index >= 15 is 0 Å². The Balaban J connectivity index is 2.04. The summed E-state index contributed by atoms with van der Waals surface area (Å²) in [6.07, 6.45) is 0. The number of nitrogens with zero attached hydrogens (tertiary/aromatic N) is 2. The maximum absolute atomic E-state index is 11.5. The van der Waals surface area contributed by atoms with Gasteiger partial charge in [-0.25, -0.2) is 9.78 Å². The van der Waals surface area contributed by atoms with Crippen molar-refractivity contribution in [2.75, 3.05) is 5.73 Å². The quantitative estimate of drug-likeness (QED) is 0.532. The fourth-order valence-electron chi connectivity index (χ4n) is 2.90.